The summed E-state index contributed by atoms with van der Waals surface area (Å²) in [4.78, 5) is 34.3. The van der Waals surface area contributed by atoms with Crippen LogP contribution in [0.1, 0.15) is 12.5 Å². The molecular formula is C15H18BrNO7. The van der Waals surface area contributed by atoms with Gasteiger partial charge in [0.1, 0.15) is 0 Å². The van der Waals surface area contributed by atoms with E-state index < -0.39 is 24.6 Å². The van der Waals surface area contributed by atoms with Gasteiger partial charge in [0.25, 0.3) is 5.91 Å². The van der Waals surface area contributed by atoms with Crippen LogP contribution in [0.2, 0.25) is 0 Å². The van der Waals surface area contributed by atoms with Crippen molar-refractivity contribution < 1.29 is 33.3 Å². The van der Waals surface area contributed by atoms with E-state index in [9.17, 15) is 14.4 Å². The minimum Gasteiger partial charge on any atom is -0.493 e. The summed E-state index contributed by atoms with van der Waals surface area (Å²) in [7, 11) is 2.98. The van der Waals surface area contributed by atoms with Gasteiger partial charge in [-0.1, -0.05) is 15.9 Å². The van der Waals surface area contributed by atoms with E-state index in [2.05, 4.69) is 20.7 Å². The number of imide groups is 1. The van der Waals surface area contributed by atoms with Crippen molar-refractivity contribution in [2.45, 2.75) is 13.3 Å². The monoisotopic (exact) mass is 403 g/mol. The Bertz CT molecular complexity index is 618. The predicted molar refractivity (Wildman–Crippen MR) is 87.1 cm³/mol. The van der Waals surface area contributed by atoms with Crippen LogP contribution in [0.15, 0.2) is 16.6 Å². The van der Waals surface area contributed by atoms with Crippen molar-refractivity contribution in [3.63, 3.8) is 0 Å². The molecule has 0 aliphatic rings. The predicted octanol–water partition coefficient (Wildman–Crippen LogP) is 1.82. The summed E-state index contributed by atoms with van der Waals surface area (Å²) in [5.41, 5.74) is 0.600. The number of carbonyl (C=O) groups is 3. The second-order valence-electron chi connectivity index (χ2n) is 4.40. The molecule has 0 fully saturated rings. The minimum absolute atomic E-state index is 0.0897. The summed E-state index contributed by atoms with van der Waals surface area (Å²) in [5, 5.41) is 1.92. The van der Waals surface area contributed by atoms with Gasteiger partial charge in [-0.05, 0) is 24.6 Å². The molecule has 2 amide bonds. The van der Waals surface area contributed by atoms with Crippen LogP contribution in [0.5, 0.6) is 11.5 Å². The maximum Gasteiger partial charge on any atom is 0.413 e. The third-order valence-corrected chi connectivity index (χ3v) is 3.51. The summed E-state index contributed by atoms with van der Waals surface area (Å²) in [6.07, 6.45) is -0.977. The molecule has 0 saturated carbocycles. The number of methoxy groups -OCH3 is 2. The van der Waals surface area contributed by atoms with Gasteiger partial charge in [0.2, 0.25) is 0 Å². The van der Waals surface area contributed by atoms with E-state index >= 15 is 0 Å². The van der Waals surface area contributed by atoms with Crippen LogP contribution in [0, 0.1) is 0 Å². The summed E-state index contributed by atoms with van der Waals surface area (Å²) in [6, 6.07) is 3.29. The molecule has 0 spiro atoms. The molecule has 9 heteroatoms. The van der Waals surface area contributed by atoms with E-state index in [1.807, 2.05) is 5.32 Å². The second kappa shape index (κ2) is 9.76. The van der Waals surface area contributed by atoms with Crippen molar-refractivity contribution in [2.24, 2.45) is 0 Å². The number of nitrogens with one attached hydrogen (secondary N) is 1. The second-order valence-corrected chi connectivity index (χ2v) is 5.26. The van der Waals surface area contributed by atoms with Crippen LogP contribution in [0.3, 0.4) is 0 Å². The summed E-state index contributed by atoms with van der Waals surface area (Å²) >= 11 is 3.33. The number of esters is 1. The largest absolute Gasteiger partial charge is 0.493 e. The van der Waals surface area contributed by atoms with Crippen molar-refractivity contribution in [3.8, 4) is 11.5 Å². The molecule has 0 radical (unpaired) electrons. The topological polar surface area (TPSA) is 100 Å². The van der Waals surface area contributed by atoms with Crippen LogP contribution in [-0.4, -0.2) is 45.4 Å². The van der Waals surface area contributed by atoms with Gasteiger partial charge in [0, 0.05) is 4.47 Å². The minimum atomic E-state index is -0.888. The lowest BCUT2D eigenvalue weighted by Gasteiger charge is -2.11. The number of ether oxygens (including phenoxy) is 4. The molecule has 1 rings (SSSR count). The fraction of sp³-hybridized carbons (Fsp3) is 0.400. The van der Waals surface area contributed by atoms with Crippen LogP contribution in [-0.2, 0) is 25.5 Å². The molecule has 1 N–H and O–H groups in total. The van der Waals surface area contributed by atoms with Gasteiger partial charge >= 0.3 is 12.1 Å². The zero-order valence-electron chi connectivity index (χ0n) is 13.5. The van der Waals surface area contributed by atoms with Crippen LogP contribution in [0.25, 0.3) is 0 Å². The first-order valence-electron chi connectivity index (χ1n) is 6.93. The molecule has 0 unspecified atom stereocenters. The van der Waals surface area contributed by atoms with Crippen LogP contribution in [0.4, 0.5) is 4.79 Å². The normalized spacial score (nSPS) is 9.83. The fourth-order valence-corrected chi connectivity index (χ4v) is 2.16. The summed E-state index contributed by atoms with van der Waals surface area (Å²) in [6.45, 7) is 1.15. The standard InChI is InChI=1S/C15H18BrNO7/c1-4-23-15(20)17-13(18)8-24-14(19)6-9-5-11(21-2)12(22-3)7-10(9)16/h5,7H,4,6,8H2,1-3H3,(H,17,18,20). The molecule has 0 aliphatic carbocycles. The first kappa shape index (κ1) is 19.8. The summed E-state index contributed by atoms with van der Waals surface area (Å²) in [5.74, 6) is -0.436. The number of hydrogen-bond acceptors (Lipinski definition) is 7. The Labute approximate surface area is 147 Å². The molecule has 132 valence electrons. The van der Waals surface area contributed by atoms with Gasteiger partial charge in [-0.2, -0.15) is 0 Å². The van der Waals surface area contributed by atoms with Crippen molar-refractivity contribution in [3.05, 3.63) is 22.2 Å². The first-order valence-corrected chi connectivity index (χ1v) is 7.73. The van der Waals surface area contributed by atoms with E-state index in [0.717, 1.165) is 0 Å². The molecular weight excluding hydrogens is 386 g/mol. The maximum absolute atomic E-state index is 11.8. The third-order valence-electron chi connectivity index (χ3n) is 2.77. The molecule has 1 aromatic carbocycles. The Kier molecular flexibility index (Phi) is 8.03. The van der Waals surface area contributed by atoms with E-state index in [4.69, 9.17) is 14.2 Å². The zero-order valence-corrected chi connectivity index (χ0v) is 15.1. The van der Waals surface area contributed by atoms with Gasteiger partial charge in [-0.25, -0.2) is 4.79 Å². The number of benzene rings is 1. The number of amides is 2. The fourth-order valence-electron chi connectivity index (χ4n) is 1.70. The van der Waals surface area contributed by atoms with E-state index in [-0.39, 0.29) is 13.0 Å². The van der Waals surface area contributed by atoms with Crippen molar-refractivity contribution in [2.75, 3.05) is 27.4 Å². The molecule has 0 atom stereocenters. The smallest absolute Gasteiger partial charge is 0.413 e. The number of rotatable bonds is 7. The highest BCUT2D eigenvalue weighted by atomic mass is 79.9. The molecule has 0 saturated heterocycles. The Morgan fingerprint density at radius 1 is 1.08 bits per heavy atom. The lowest BCUT2D eigenvalue weighted by atomic mass is 10.1. The molecule has 0 aliphatic heterocycles. The Hall–Kier alpha value is -2.29. The molecule has 8 nitrogen and oxygen atoms in total. The van der Waals surface area contributed by atoms with Gasteiger partial charge in [0.05, 0.1) is 27.2 Å². The van der Waals surface area contributed by atoms with Crippen molar-refractivity contribution >= 4 is 33.9 Å². The average molecular weight is 404 g/mol. The molecule has 1 aromatic rings. The van der Waals surface area contributed by atoms with Crippen LogP contribution >= 0.6 is 15.9 Å². The Morgan fingerprint density at radius 2 is 1.71 bits per heavy atom. The number of halogens is 1. The highest BCUT2D eigenvalue weighted by Crippen LogP contribution is 2.33. The van der Waals surface area contributed by atoms with E-state index in [1.54, 1.807) is 19.1 Å². The molecule has 24 heavy (non-hydrogen) atoms. The number of hydrogen-bond donors (Lipinski definition) is 1. The van der Waals surface area contributed by atoms with E-state index in [1.165, 1.54) is 14.2 Å². The average Bonchev–Trinajstić information content (AvgIpc) is 2.54. The van der Waals surface area contributed by atoms with E-state index in [0.29, 0.717) is 21.5 Å². The number of carbonyl (C=O) groups excluding carboxylic acids is 3. The van der Waals surface area contributed by atoms with Crippen LogP contribution < -0.4 is 14.8 Å². The highest BCUT2D eigenvalue weighted by Gasteiger charge is 2.15. The quantitative estimate of drug-likeness (QED) is 0.692. The van der Waals surface area contributed by atoms with Gasteiger partial charge in [-0.3, -0.25) is 14.9 Å². The zero-order chi connectivity index (χ0) is 18.1. The van der Waals surface area contributed by atoms with Gasteiger partial charge in [0.15, 0.2) is 18.1 Å². The van der Waals surface area contributed by atoms with Crippen molar-refractivity contribution in [1.29, 1.82) is 0 Å². The van der Waals surface area contributed by atoms with Crippen molar-refractivity contribution in [1.82, 2.24) is 5.32 Å². The van der Waals surface area contributed by atoms with Gasteiger partial charge in [-0.15, -0.1) is 0 Å². The molecule has 0 aromatic heterocycles. The Morgan fingerprint density at radius 3 is 2.29 bits per heavy atom. The first-order chi connectivity index (χ1) is 11.4. The highest BCUT2D eigenvalue weighted by molar-refractivity contribution is 9.10. The molecule has 0 heterocycles. The maximum atomic E-state index is 11.8. The lowest BCUT2D eigenvalue weighted by molar-refractivity contribution is -0.147. The Balaban J connectivity index is 2.59. The SMILES string of the molecule is CCOC(=O)NC(=O)COC(=O)Cc1cc(OC)c(OC)cc1Br. The lowest BCUT2D eigenvalue weighted by Crippen LogP contribution is -2.34. The summed E-state index contributed by atoms with van der Waals surface area (Å²) < 4.78 is 20.3. The number of alkyl carbamates (subject to hydrolysis) is 1. The third kappa shape index (κ3) is 6.07. The molecule has 0 bridgehead atoms. The van der Waals surface area contributed by atoms with Gasteiger partial charge < -0.3 is 18.9 Å².